The lowest BCUT2D eigenvalue weighted by Gasteiger charge is -2.40. The Kier molecular flexibility index (Phi) is 63.3. The topological polar surface area (TPSA) is 175 Å². The van der Waals surface area contributed by atoms with Crippen LogP contribution < -0.4 is 5.32 Å². The van der Waals surface area contributed by atoms with E-state index >= 15 is 0 Å². The number of unbranched alkanes of at least 4 members (excludes halogenated alkanes) is 45. The summed E-state index contributed by atoms with van der Waals surface area (Å²) in [6.07, 6.45) is 79.8. The molecular formula is C78H143NO10. The van der Waals surface area contributed by atoms with Gasteiger partial charge in [-0.3, -0.25) is 9.59 Å². The van der Waals surface area contributed by atoms with Crippen LogP contribution in [0.4, 0.5) is 0 Å². The Bertz CT molecular complexity index is 1660. The predicted octanol–water partition coefficient (Wildman–Crippen LogP) is 20.1. The van der Waals surface area contributed by atoms with E-state index in [-0.39, 0.29) is 18.5 Å². The van der Waals surface area contributed by atoms with Gasteiger partial charge in [0, 0.05) is 12.8 Å². The number of aliphatic hydroxyl groups excluding tert-OH is 5. The van der Waals surface area contributed by atoms with E-state index in [0.717, 1.165) is 64.2 Å². The summed E-state index contributed by atoms with van der Waals surface area (Å²) in [6, 6.07) is -0.825. The summed E-state index contributed by atoms with van der Waals surface area (Å²) in [5.74, 6) is -0.187. The summed E-state index contributed by atoms with van der Waals surface area (Å²) in [6.45, 7) is 4.30. The average molecular weight is 1250 g/mol. The Morgan fingerprint density at radius 3 is 1.20 bits per heavy atom. The first kappa shape index (κ1) is 84.4. The van der Waals surface area contributed by atoms with Gasteiger partial charge in [-0.1, -0.05) is 306 Å². The smallest absolute Gasteiger partial charge is 0.305 e. The highest BCUT2D eigenvalue weighted by Gasteiger charge is 2.44. The minimum atomic E-state index is -1.57. The third-order valence-electron chi connectivity index (χ3n) is 17.8. The maximum absolute atomic E-state index is 13.0. The SMILES string of the molecule is CCCCC/C=C/CC/C=C/C(O)C(COC1OC(CO)C(O)C(O)C1O)NC(=O)CCCCCCCCCCCCCCCCCCC/C=C\C/C=C\CCCCCCCCCCCCCCCOC(=O)CCCCCCC/C=C\CCCCCCCC. The molecule has 0 saturated carbocycles. The molecule has 520 valence electrons. The summed E-state index contributed by atoms with van der Waals surface area (Å²) >= 11 is 0. The Labute approximate surface area is 548 Å². The highest BCUT2D eigenvalue weighted by molar-refractivity contribution is 5.76. The maximum Gasteiger partial charge on any atom is 0.305 e. The zero-order valence-corrected chi connectivity index (χ0v) is 57.9. The lowest BCUT2D eigenvalue weighted by molar-refractivity contribution is -0.302. The minimum absolute atomic E-state index is 0.00445. The zero-order valence-electron chi connectivity index (χ0n) is 57.9. The van der Waals surface area contributed by atoms with Crippen LogP contribution in [0.3, 0.4) is 0 Å². The van der Waals surface area contributed by atoms with Crippen LogP contribution >= 0.6 is 0 Å². The van der Waals surface area contributed by atoms with E-state index in [1.165, 1.54) is 270 Å². The van der Waals surface area contributed by atoms with Gasteiger partial charge in [-0.05, 0) is 103 Å². The Hall–Kier alpha value is -2.64. The van der Waals surface area contributed by atoms with Gasteiger partial charge in [-0.2, -0.15) is 0 Å². The number of aliphatic hydroxyl groups is 5. The van der Waals surface area contributed by atoms with Gasteiger partial charge in [-0.25, -0.2) is 0 Å². The fourth-order valence-corrected chi connectivity index (χ4v) is 11.8. The molecule has 7 atom stereocenters. The third kappa shape index (κ3) is 55.5. The van der Waals surface area contributed by atoms with Crippen molar-refractivity contribution in [3.05, 3.63) is 60.8 Å². The van der Waals surface area contributed by atoms with Crippen LogP contribution in [0.1, 0.15) is 361 Å². The molecule has 11 heteroatoms. The van der Waals surface area contributed by atoms with E-state index in [1.54, 1.807) is 6.08 Å². The Morgan fingerprint density at radius 1 is 0.416 bits per heavy atom. The van der Waals surface area contributed by atoms with Crippen molar-refractivity contribution in [2.45, 2.75) is 403 Å². The minimum Gasteiger partial charge on any atom is -0.466 e. The number of ether oxygens (including phenoxy) is 3. The van der Waals surface area contributed by atoms with Crippen LogP contribution in [0, 0.1) is 0 Å². The van der Waals surface area contributed by atoms with Crippen LogP contribution in [0.25, 0.3) is 0 Å². The van der Waals surface area contributed by atoms with Gasteiger partial charge in [0.1, 0.15) is 24.4 Å². The van der Waals surface area contributed by atoms with Crippen LogP contribution in [-0.2, 0) is 23.8 Å². The Balaban J connectivity index is 1.88. The number of carbonyl (C=O) groups is 2. The van der Waals surface area contributed by atoms with Crippen LogP contribution in [0.2, 0.25) is 0 Å². The molecule has 1 heterocycles. The van der Waals surface area contributed by atoms with Crippen LogP contribution in [-0.4, -0.2) is 100 Å². The predicted molar refractivity (Wildman–Crippen MR) is 375 cm³/mol. The molecule has 0 aromatic heterocycles. The quantitative estimate of drug-likeness (QED) is 0.0195. The summed E-state index contributed by atoms with van der Waals surface area (Å²) in [7, 11) is 0. The summed E-state index contributed by atoms with van der Waals surface area (Å²) < 4.78 is 16.7. The van der Waals surface area contributed by atoms with E-state index in [9.17, 15) is 35.1 Å². The van der Waals surface area contributed by atoms with Gasteiger partial charge in [0.25, 0.3) is 0 Å². The maximum atomic E-state index is 13.0. The molecule has 7 unspecified atom stereocenters. The molecule has 0 bridgehead atoms. The molecule has 0 aromatic rings. The van der Waals surface area contributed by atoms with E-state index in [4.69, 9.17) is 14.2 Å². The molecule has 1 amide bonds. The van der Waals surface area contributed by atoms with E-state index in [0.29, 0.717) is 19.4 Å². The second-order valence-electron chi connectivity index (χ2n) is 26.3. The second-order valence-corrected chi connectivity index (χ2v) is 26.3. The van der Waals surface area contributed by atoms with Crippen molar-refractivity contribution >= 4 is 11.9 Å². The fourth-order valence-electron chi connectivity index (χ4n) is 11.8. The molecule has 1 rings (SSSR count). The molecule has 1 fully saturated rings. The molecule has 6 N–H and O–H groups in total. The summed E-state index contributed by atoms with van der Waals surface area (Å²) in [5, 5.41) is 54.3. The van der Waals surface area contributed by atoms with Gasteiger partial charge < -0.3 is 45.1 Å². The van der Waals surface area contributed by atoms with Crippen molar-refractivity contribution in [3.8, 4) is 0 Å². The highest BCUT2D eigenvalue weighted by atomic mass is 16.7. The molecule has 89 heavy (non-hydrogen) atoms. The number of amides is 1. The van der Waals surface area contributed by atoms with E-state index in [2.05, 4.69) is 67.8 Å². The fraction of sp³-hybridized carbons (Fsp3) is 0.846. The number of nitrogens with one attached hydrogen (secondary N) is 1. The van der Waals surface area contributed by atoms with Crippen LogP contribution in [0.15, 0.2) is 60.8 Å². The van der Waals surface area contributed by atoms with Gasteiger partial charge in [0.15, 0.2) is 6.29 Å². The van der Waals surface area contributed by atoms with Crippen molar-refractivity contribution in [1.82, 2.24) is 5.32 Å². The first-order chi connectivity index (χ1) is 43.7. The normalized spacial score (nSPS) is 18.0. The standard InChI is InChI=1S/C78H143NO10/c1-3-5-7-9-11-13-14-15-39-43-46-50-54-58-62-66-74(83)87-67-63-59-55-51-47-44-41-38-36-34-32-30-28-26-24-22-20-18-16-17-19-21-23-25-27-29-31-33-35-37-40-42-45-49-53-57-61-65-73(82)79-70(71(81)64-60-56-52-48-12-10-8-6-4-2)69-88-78-77(86)76(85)75(84)72(68-80)89-78/h12,15-16,18,22,24,39,48,60,64,70-72,75-78,80-81,84-86H,3-11,13-14,17,19-21,23,25-38,40-47,49-59,61-63,65-69H2,1-2H3,(H,79,82)/b18-16-,24-22-,39-15-,48-12+,64-60+. The first-order valence-electron chi connectivity index (χ1n) is 38.1. The molecule has 11 nitrogen and oxygen atoms in total. The van der Waals surface area contributed by atoms with Gasteiger partial charge in [0.2, 0.25) is 5.91 Å². The number of hydrogen-bond acceptors (Lipinski definition) is 10. The molecule has 0 aromatic carbocycles. The monoisotopic (exact) mass is 1250 g/mol. The van der Waals surface area contributed by atoms with Crippen molar-refractivity contribution in [2.75, 3.05) is 19.8 Å². The van der Waals surface area contributed by atoms with Gasteiger partial charge in [0.05, 0.1) is 32.0 Å². The van der Waals surface area contributed by atoms with Crippen molar-refractivity contribution in [2.24, 2.45) is 0 Å². The third-order valence-corrected chi connectivity index (χ3v) is 17.8. The molecule has 0 radical (unpaired) electrons. The number of allylic oxidation sites excluding steroid dienone is 9. The molecular weight excluding hydrogens is 1110 g/mol. The molecule has 0 spiro atoms. The van der Waals surface area contributed by atoms with Crippen molar-refractivity contribution in [1.29, 1.82) is 0 Å². The van der Waals surface area contributed by atoms with Crippen LogP contribution in [0.5, 0.6) is 0 Å². The number of rotatable bonds is 67. The number of carbonyl (C=O) groups excluding carboxylic acids is 2. The lowest BCUT2D eigenvalue weighted by atomic mass is 9.99. The largest absolute Gasteiger partial charge is 0.466 e. The Morgan fingerprint density at radius 2 is 0.764 bits per heavy atom. The zero-order chi connectivity index (χ0) is 64.4. The first-order valence-corrected chi connectivity index (χ1v) is 38.1. The summed E-state index contributed by atoms with van der Waals surface area (Å²) in [5.41, 5.74) is 0. The van der Waals surface area contributed by atoms with E-state index < -0.39 is 49.5 Å². The lowest BCUT2D eigenvalue weighted by Crippen LogP contribution is -2.60. The molecule has 0 aliphatic carbocycles. The number of hydrogen-bond donors (Lipinski definition) is 6. The van der Waals surface area contributed by atoms with Gasteiger partial charge in [-0.15, -0.1) is 0 Å². The van der Waals surface area contributed by atoms with Gasteiger partial charge >= 0.3 is 5.97 Å². The molecule has 1 saturated heterocycles. The molecule has 1 aliphatic heterocycles. The van der Waals surface area contributed by atoms with Crippen molar-refractivity contribution < 1.29 is 49.3 Å². The van der Waals surface area contributed by atoms with E-state index in [1.807, 2.05) is 6.08 Å². The van der Waals surface area contributed by atoms with Crippen molar-refractivity contribution in [3.63, 3.8) is 0 Å². The highest BCUT2D eigenvalue weighted by Crippen LogP contribution is 2.23. The average Bonchev–Trinajstić information content (AvgIpc) is 2.38. The molecule has 1 aliphatic rings. The summed E-state index contributed by atoms with van der Waals surface area (Å²) in [4.78, 5) is 25.1. The number of esters is 1. The second kappa shape index (κ2) is 66.8.